The Morgan fingerprint density at radius 2 is 1.80 bits per heavy atom. The zero-order valence-electron chi connectivity index (χ0n) is 19.1. The first-order chi connectivity index (χ1) is 14.5. The van der Waals surface area contributed by atoms with Gasteiger partial charge in [-0.05, 0) is 25.0 Å². The number of anilines is 2. The van der Waals surface area contributed by atoms with Gasteiger partial charge in [-0.3, -0.25) is 4.79 Å². The molecule has 30 heavy (non-hydrogen) atoms. The lowest BCUT2D eigenvalue weighted by Crippen LogP contribution is -2.43. The molecule has 164 valence electrons. The minimum Gasteiger partial charge on any atom is -0.497 e. The zero-order valence-corrected chi connectivity index (χ0v) is 19.1. The van der Waals surface area contributed by atoms with Crippen molar-refractivity contribution >= 4 is 17.4 Å². The summed E-state index contributed by atoms with van der Waals surface area (Å²) in [6.07, 6.45) is 4.99. The second kappa shape index (κ2) is 9.41. The highest BCUT2D eigenvalue weighted by atomic mass is 16.5. The average Bonchev–Trinajstić information content (AvgIpc) is 3.15. The Morgan fingerprint density at radius 1 is 1.10 bits per heavy atom. The maximum absolute atomic E-state index is 13.3. The Hall–Kier alpha value is -2.70. The molecule has 2 heterocycles. The van der Waals surface area contributed by atoms with E-state index in [2.05, 4.69) is 30.2 Å². The van der Waals surface area contributed by atoms with Gasteiger partial charge in [0.15, 0.2) is 11.5 Å². The molecule has 0 bridgehead atoms. The summed E-state index contributed by atoms with van der Waals surface area (Å²) in [6, 6.07) is 6.01. The van der Waals surface area contributed by atoms with Gasteiger partial charge in [0.05, 0.1) is 26.6 Å². The van der Waals surface area contributed by atoms with Crippen LogP contribution in [0.1, 0.15) is 68.8 Å². The topological polar surface area (TPSA) is 59.8 Å². The molecule has 0 unspecified atom stereocenters. The number of carbonyl (C=O) groups excluding carboxylic acids is 1. The molecule has 1 aromatic heterocycles. The van der Waals surface area contributed by atoms with E-state index < -0.39 is 0 Å². The first-order valence-electron chi connectivity index (χ1n) is 10.9. The summed E-state index contributed by atoms with van der Waals surface area (Å²) >= 11 is 0. The van der Waals surface area contributed by atoms with Crippen LogP contribution in [0.4, 0.5) is 11.5 Å². The van der Waals surface area contributed by atoms with E-state index >= 15 is 0 Å². The van der Waals surface area contributed by atoms with E-state index in [0.717, 1.165) is 55.2 Å². The third-order valence-electron chi connectivity index (χ3n) is 5.73. The maximum Gasteiger partial charge on any atom is 0.275 e. The third kappa shape index (κ3) is 3.85. The molecule has 0 saturated heterocycles. The Kier molecular flexibility index (Phi) is 6.90. The maximum atomic E-state index is 13.3. The molecule has 7 nitrogen and oxygen atoms in total. The van der Waals surface area contributed by atoms with Crippen LogP contribution in [-0.4, -0.2) is 48.3 Å². The lowest BCUT2D eigenvalue weighted by atomic mass is 10.1. The lowest BCUT2D eigenvalue weighted by molar-refractivity contribution is 0.0772. The number of hydrogen-bond donors (Lipinski definition) is 0. The van der Waals surface area contributed by atoms with E-state index in [1.807, 2.05) is 25.2 Å². The number of methoxy groups -OCH3 is 2. The van der Waals surface area contributed by atoms with Gasteiger partial charge in [0.2, 0.25) is 0 Å². The number of aryl methyl sites for hydroxylation is 1. The van der Waals surface area contributed by atoms with Crippen LogP contribution in [-0.2, 0) is 6.42 Å². The Balaban J connectivity index is 2.19. The normalized spacial score (nSPS) is 13.8. The highest BCUT2D eigenvalue weighted by Crippen LogP contribution is 2.41. The molecule has 1 aliphatic heterocycles. The van der Waals surface area contributed by atoms with Crippen molar-refractivity contribution in [3.63, 3.8) is 0 Å². The Bertz CT molecular complexity index is 887. The zero-order chi connectivity index (χ0) is 21.8. The third-order valence-corrected chi connectivity index (χ3v) is 5.73. The molecule has 0 aliphatic carbocycles. The van der Waals surface area contributed by atoms with E-state index in [4.69, 9.17) is 14.5 Å². The molecule has 0 N–H and O–H groups in total. The summed E-state index contributed by atoms with van der Waals surface area (Å²) in [6.45, 7) is 6.91. The number of imidazole rings is 1. The van der Waals surface area contributed by atoms with Crippen LogP contribution in [0.3, 0.4) is 0 Å². The SMILES string of the molecule is CCCC(CCC)n1c(CC)nc2c1C(=O)N(C)CN2c1ccc(OC)cc1OC. The van der Waals surface area contributed by atoms with Gasteiger partial charge >= 0.3 is 0 Å². The second-order valence-electron chi connectivity index (χ2n) is 7.77. The molecule has 7 heteroatoms. The van der Waals surface area contributed by atoms with Crippen molar-refractivity contribution in [3.8, 4) is 11.5 Å². The van der Waals surface area contributed by atoms with Crippen molar-refractivity contribution in [1.29, 1.82) is 0 Å². The summed E-state index contributed by atoms with van der Waals surface area (Å²) < 4.78 is 13.2. The number of ether oxygens (including phenoxy) is 2. The summed E-state index contributed by atoms with van der Waals surface area (Å²) in [4.78, 5) is 22.1. The summed E-state index contributed by atoms with van der Waals surface area (Å²) in [5.41, 5.74) is 1.55. The van der Waals surface area contributed by atoms with Crippen LogP contribution in [0.15, 0.2) is 18.2 Å². The van der Waals surface area contributed by atoms with Crippen LogP contribution >= 0.6 is 0 Å². The number of hydrogen-bond acceptors (Lipinski definition) is 5. The fraction of sp³-hybridized carbons (Fsp3) is 0.565. The number of nitrogens with zero attached hydrogens (tertiary/aromatic N) is 4. The van der Waals surface area contributed by atoms with Gasteiger partial charge in [0.1, 0.15) is 17.3 Å². The van der Waals surface area contributed by atoms with Gasteiger partial charge in [0, 0.05) is 25.6 Å². The van der Waals surface area contributed by atoms with Gasteiger partial charge in [-0.1, -0.05) is 33.6 Å². The lowest BCUT2D eigenvalue weighted by Gasteiger charge is -2.35. The van der Waals surface area contributed by atoms with Gasteiger partial charge in [-0.25, -0.2) is 4.98 Å². The predicted molar refractivity (Wildman–Crippen MR) is 119 cm³/mol. The van der Waals surface area contributed by atoms with Crippen LogP contribution in [0.2, 0.25) is 0 Å². The molecule has 2 aromatic rings. The van der Waals surface area contributed by atoms with Gasteiger partial charge in [-0.2, -0.15) is 0 Å². The molecule has 0 spiro atoms. The number of aromatic nitrogens is 2. The van der Waals surface area contributed by atoms with E-state index in [1.54, 1.807) is 19.1 Å². The van der Waals surface area contributed by atoms with Crippen LogP contribution in [0.5, 0.6) is 11.5 Å². The van der Waals surface area contributed by atoms with Gasteiger partial charge < -0.3 is 23.8 Å². The predicted octanol–water partition coefficient (Wildman–Crippen LogP) is 4.79. The number of benzene rings is 1. The van der Waals surface area contributed by atoms with Gasteiger partial charge in [-0.15, -0.1) is 0 Å². The molecule has 1 aliphatic rings. The number of carbonyl (C=O) groups is 1. The first kappa shape index (κ1) is 22.0. The van der Waals surface area contributed by atoms with E-state index in [9.17, 15) is 4.79 Å². The van der Waals surface area contributed by atoms with Crippen LogP contribution < -0.4 is 14.4 Å². The smallest absolute Gasteiger partial charge is 0.275 e. The minimum absolute atomic E-state index is 0.0261. The van der Waals surface area contributed by atoms with Crippen molar-refractivity contribution < 1.29 is 14.3 Å². The molecule has 0 radical (unpaired) electrons. The molecule has 1 amide bonds. The van der Waals surface area contributed by atoms with Crippen molar-refractivity contribution in [2.45, 2.75) is 58.9 Å². The molecule has 0 atom stereocenters. The Labute approximate surface area is 179 Å². The molecular weight excluding hydrogens is 380 g/mol. The average molecular weight is 415 g/mol. The molecule has 0 saturated carbocycles. The van der Waals surface area contributed by atoms with Crippen molar-refractivity contribution in [2.24, 2.45) is 0 Å². The van der Waals surface area contributed by atoms with Crippen LogP contribution in [0, 0.1) is 0 Å². The quantitative estimate of drug-likeness (QED) is 0.591. The van der Waals surface area contributed by atoms with E-state index in [1.165, 1.54) is 0 Å². The largest absolute Gasteiger partial charge is 0.497 e. The Morgan fingerprint density at radius 3 is 2.37 bits per heavy atom. The van der Waals surface area contributed by atoms with Crippen molar-refractivity contribution in [2.75, 3.05) is 32.8 Å². The molecule has 1 aromatic carbocycles. The summed E-state index contributed by atoms with van der Waals surface area (Å²) in [5, 5.41) is 0. The number of fused-ring (bicyclic) bond motifs is 1. The summed E-state index contributed by atoms with van der Waals surface area (Å²) in [7, 11) is 5.12. The number of amides is 1. The van der Waals surface area contributed by atoms with Gasteiger partial charge in [0.25, 0.3) is 5.91 Å². The molecule has 0 fully saturated rings. The number of rotatable bonds is 9. The van der Waals surface area contributed by atoms with Crippen molar-refractivity contribution in [3.05, 3.63) is 29.7 Å². The minimum atomic E-state index is 0.0261. The summed E-state index contributed by atoms with van der Waals surface area (Å²) in [5.74, 6) is 3.12. The van der Waals surface area contributed by atoms with E-state index in [-0.39, 0.29) is 11.9 Å². The highest BCUT2D eigenvalue weighted by Gasteiger charge is 2.37. The molecule has 3 rings (SSSR count). The fourth-order valence-electron chi connectivity index (χ4n) is 4.29. The monoisotopic (exact) mass is 414 g/mol. The first-order valence-corrected chi connectivity index (χ1v) is 10.9. The highest BCUT2D eigenvalue weighted by molar-refractivity contribution is 6.00. The molecular formula is C23H34N4O3. The standard InChI is InChI=1S/C23H34N4O3/c1-7-10-16(11-8-2)27-20(9-3)24-22-21(27)23(28)25(4)15-26(22)18-13-12-17(29-5)14-19(18)30-6/h12-14,16H,7-11,15H2,1-6H3. The fourth-order valence-corrected chi connectivity index (χ4v) is 4.29. The van der Waals surface area contributed by atoms with Crippen molar-refractivity contribution in [1.82, 2.24) is 14.5 Å². The second-order valence-corrected chi connectivity index (χ2v) is 7.77. The van der Waals surface area contributed by atoms with Crippen LogP contribution in [0.25, 0.3) is 0 Å². The van der Waals surface area contributed by atoms with E-state index in [0.29, 0.717) is 18.1 Å².